The van der Waals surface area contributed by atoms with Gasteiger partial charge in [0.25, 0.3) is 0 Å². The topological polar surface area (TPSA) is 46.3 Å². The summed E-state index contributed by atoms with van der Waals surface area (Å²) in [5.41, 5.74) is 2.12. The Kier molecular flexibility index (Phi) is 4.19. The van der Waals surface area contributed by atoms with Crippen molar-refractivity contribution in [3.63, 3.8) is 0 Å². The lowest BCUT2D eigenvalue weighted by Crippen LogP contribution is -2.32. The van der Waals surface area contributed by atoms with Gasteiger partial charge in [-0.1, -0.05) is 0 Å². The summed E-state index contributed by atoms with van der Waals surface area (Å²) in [5.74, 6) is 0. The van der Waals surface area contributed by atoms with Crippen molar-refractivity contribution in [2.24, 2.45) is 0 Å². The molecule has 0 radical (unpaired) electrons. The zero-order valence-corrected chi connectivity index (χ0v) is 16.1. The smallest absolute Gasteiger partial charge is 0.249 e. The van der Waals surface area contributed by atoms with Gasteiger partial charge in [0.05, 0.1) is 5.69 Å². The number of hydrogen-bond donors (Lipinski definition) is 1. The summed E-state index contributed by atoms with van der Waals surface area (Å²) in [6.45, 7) is 1.52. The normalized spacial score (nSPS) is 11.3. The first kappa shape index (κ1) is 16.2. The maximum absolute atomic E-state index is 4.47. The second kappa shape index (κ2) is 6.98. The molecule has 5 rings (SSSR count). The minimum Gasteiger partial charge on any atom is -0.278 e. The molecular weight excluding hydrogens is 376 g/mol. The van der Waals surface area contributed by atoms with Crippen molar-refractivity contribution < 1.29 is 9.13 Å². The summed E-state index contributed by atoms with van der Waals surface area (Å²) in [5, 5.41) is 14.2. The van der Waals surface area contributed by atoms with Crippen LogP contribution < -0.4 is 9.13 Å². The number of aromatic nitrogens is 6. The van der Waals surface area contributed by atoms with E-state index < -0.39 is 0 Å². The molecule has 5 heterocycles. The summed E-state index contributed by atoms with van der Waals surface area (Å²) in [6, 6.07) is 10.5. The maximum Gasteiger partial charge on any atom is 0.249 e. The fourth-order valence-electron chi connectivity index (χ4n) is 3.02. The minimum atomic E-state index is 0.746. The molecule has 0 fully saturated rings. The number of aromatic amines is 1. The van der Waals surface area contributed by atoms with E-state index in [-0.39, 0.29) is 0 Å². The van der Waals surface area contributed by atoms with Crippen molar-refractivity contribution in [1.82, 2.24) is 19.3 Å². The predicted octanol–water partition coefficient (Wildman–Crippen LogP) is 2.79. The van der Waals surface area contributed by atoms with E-state index in [1.807, 2.05) is 0 Å². The second-order valence-electron chi connectivity index (χ2n) is 6.27. The van der Waals surface area contributed by atoms with Gasteiger partial charge in [-0.25, -0.2) is 9.13 Å². The van der Waals surface area contributed by atoms with E-state index in [2.05, 4.69) is 107 Å². The lowest BCUT2D eigenvalue weighted by Gasteiger charge is -1.92. The van der Waals surface area contributed by atoms with E-state index in [4.69, 9.17) is 0 Å². The van der Waals surface area contributed by atoms with Crippen molar-refractivity contribution in [1.29, 1.82) is 0 Å². The van der Waals surface area contributed by atoms with Crippen LogP contribution in [0.1, 0.15) is 11.4 Å². The third-order valence-corrected chi connectivity index (χ3v) is 6.05. The Morgan fingerprint density at radius 2 is 1.52 bits per heavy atom. The van der Waals surface area contributed by atoms with Gasteiger partial charge in [0, 0.05) is 0 Å². The Morgan fingerprint density at radius 3 is 2.11 bits per heavy atom. The first-order chi connectivity index (χ1) is 13.3. The molecule has 0 bridgehead atoms. The lowest BCUT2D eigenvalue weighted by atomic mass is 10.3. The highest BCUT2D eigenvalue weighted by molar-refractivity contribution is 7.12. The molecule has 0 atom stereocenters. The molecule has 5 aromatic heterocycles. The SMILES string of the molecule is c1csc(-n2cc[n+](Cc3cc(C[n+]4ccn(-c5cccs5)c4)[nH]n3)c2)c1. The minimum absolute atomic E-state index is 0.746. The summed E-state index contributed by atoms with van der Waals surface area (Å²) < 4.78 is 8.55. The van der Waals surface area contributed by atoms with Crippen LogP contribution in [0.2, 0.25) is 0 Å². The molecule has 0 aliphatic heterocycles. The highest BCUT2D eigenvalue weighted by atomic mass is 32.1. The van der Waals surface area contributed by atoms with E-state index in [1.54, 1.807) is 22.7 Å². The van der Waals surface area contributed by atoms with Crippen molar-refractivity contribution in [2.75, 3.05) is 0 Å². The Bertz CT molecular complexity index is 1040. The molecule has 27 heavy (non-hydrogen) atoms. The quantitative estimate of drug-likeness (QED) is 0.442. The average Bonchev–Trinajstić information content (AvgIpc) is 3.47. The van der Waals surface area contributed by atoms with Gasteiger partial charge >= 0.3 is 0 Å². The van der Waals surface area contributed by atoms with Gasteiger partial charge in [0.2, 0.25) is 12.7 Å². The Labute approximate surface area is 164 Å². The summed E-state index contributed by atoms with van der Waals surface area (Å²) in [7, 11) is 0. The first-order valence-electron chi connectivity index (χ1n) is 8.58. The van der Waals surface area contributed by atoms with Crippen LogP contribution in [0.5, 0.6) is 0 Å². The number of nitrogens with one attached hydrogen (secondary N) is 1. The lowest BCUT2D eigenvalue weighted by molar-refractivity contribution is -0.688. The number of H-pyrrole nitrogens is 1. The monoisotopic (exact) mass is 394 g/mol. The summed E-state index contributed by atoms with van der Waals surface area (Å²) in [6.07, 6.45) is 12.5. The third-order valence-electron chi connectivity index (χ3n) is 4.29. The molecular formula is C19H18N6S2+2. The van der Waals surface area contributed by atoms with Crippen LogP contribution in [-0.2, 0) is 13.1 Å². The van der Waals surface area contributed by atoms with Gasteiger partial charge in [-0.05, 0) is 41.1 Å². The van der Waals surface area contributed by atoms with Crippen molar-refractivity contribution in [2.45, 2.75) is 13.1 Å². The Balaban J connectivity index is 1.26. The molecule has 134 valence electrons. The molecule has 0 aliphatic rings. The standard InChI is InChI=1S/C19H18N6S2/c1-3-18(26-9-1)24-7-5-22(14-24)12-16-11-17(21-20-16)13-23-6-8-25(15-23)19-4-2-10-27-19/h1-11,14-15H,12-13H2,(H,20,21)/q+2. The molecule has 1 N–H and O–H groups in total. The van der Waals surface area contributed by atoms with E-state index in [0.29, 0.717) is 0 Å². The summed E-state index contributed by atoms with van der Waals surface area (Å²) >= 11 is 3.45. The molecule has 0 aromatic carbocycles. The van der Waals surface area contributed by atoms with Crippen LogP contribution in [0, 0.1) is 0 Å². The fourth-order valence-corrected chi connectivity index (χ4v) is 4.39. The van der Waals surface area contributed by atoms with Gasteiger partial charge in [0.15, 0.2) is 10.0 Å². The molecule has 6 nitrogen and oxygen atoms in total. The zero-order valence-electron chi connectivity index (χ0n) is 14.5. The van der Waals surface area contributed by atoms with Gasteiger partial charge in [-0.15, -0.1) is 22.7 Å². The highest BCUT2D eigenvalue weighted by Gasteiger charge is 2.12. The predicted molar refractivity (Wildman–Crippen MR) is 104 cm³/mol. The van der Waals surface area contributed by atoms with Gasteiger partial charge in [0.1, 0.15) is 43.6 Å². The van der Waals surface area contributed by atoms with E-state index in [0.717, 1.165) is 24.5 Å². The van der Waals surface area contributed by atoms with Crippen LogP contribution in [0.3, 0.4) is 0 Å². The number of rotatable bonds is 6. The van der Waals surface area contributed by atoms with Crippen molar-refractivity contribution in [3.05, 3.63) is 89.9 Å². The maximum atomic E-state index is 4.47. The van der Waals surface area contributed by atoms with E-state index in [1.165, 1.54) is 10.0 Å². The second-order valence-corrected chi connectivity index (χ2v) is 8.13. The number of thiophene rings is 2. The molecule has 5 aromatic rings. The van der Waals surface area contributed by atoms with Crippen molar-refractivity contribution in [3.8, 4) is 10.0 Å². The molecule has 0 aliphatic carbocycles. The third kappa shape index (κ3) is 3.49. The Hall–Kier alpha value is -2.97. The van der Waals surface area contributed by atoms with Crippen LogP contribution in [-0.4, -0.2) is 19.3 Å². The molecule has 0 spiro atoms. The van der Waals surface area contributed by atoms with Gasteiger partial charge in [-0.3, -0.25) is 5.10 Å². The van der Waals surface area contributed by atoms with Crippen LogP contribution >= 0.6 is 22.7 Å². The van der Waals surface area contributed by atoms with Crippen LogP contribution in [0.25, 0.3) is 10.0 Å². The summed E-state index contributed by atoms with van der Waals surface area (Å²) in [4.78, 5) is 0. The van der Waals surface area contributed by atoms with Crippen LogP contribution in [0.15, 0.2) is 78.5 Å². The van der Waals surface area contributed by atoms with Gasteiger partial charge < -0.3 is 0 Å². The van der Waals surface area contributed by atoms with E-state index >= 15 is 0 Å². The number of nitrogens with zero attached hydrogens (tertiary/aromatic N) is 5. The van der Waals surface area contributed by atoms with Crippen molar-refractivity contribution >= 4 is 22.7 Å². The highest BCUT2D eigenvalue weighted by Crippen LogP contribution is 2.14. The molecule has 0 saturated carbocycles. The number of imidazole rings is 2. The first-order valence-corrected chi connectivity index (χ1v) is 10.3. The largest absolute Gasteiger partial charge is 0.278 e. The molecule has 0 saturated heterocycles. The van der Waals surface area contributed by atoms with Gasteiger partial charge in [-0.2, -0.15) is 14.2 Å². The average molecular weight is 395 g/mol. The van der Waals surface area contributed by atoms with Crippen LogP contribution in [0.4, 0.5) is 0 Å². The fraction of sp³-hybridized carbons (Fsp3) is 0.105. The molecule has 0 unspecified atom stereocenters. The molecule has 8 heteroatoms. The molecule has 0 amide bonds. The van der Waals surface area contributed by atoms with E-state index in [9.17, 15) is 0 Å². The zero-order chi connectivity index (χ0) is 18.1. The number of hydrogen-bond acceptors (Lipinski definition) is 3. The Morgan fingerprint density at radius 1 is 0.889 bits per heavy atom.